The fourth-order valence-electron chi connectivity index (χ4n) is 2.25. The number of carbonyl (C=O) groups is 2. The number of rotatable bonds is 6. The van der Waals surface area contributed by atoms with Crippen LogP contribution in [0, 0.1) is 11.8 Å². The van der Waals surface area contributed by atoms with E-state index in [2.05, 4.69) is 22.5 Å². The van der Waals surface area contributed by atoms with E-state index in [-0.39, 0.29) is 18.4 Å². The highest BCUT2D eigenvalue weighted by Crippen LogP contribution is 2.12. The number of carbonyl (C=O) groups excluding carboxylic acids is 2. The zero-order valence-electron chi connectivity index (χ0n) is 15.0. The Bertz CT molecular complexity index is 800. The van der Waals surface area contributed by atoms with E-state index in [0.717, 1.165) is 22.6 Å². The van der Waals surface area contributed by atoms with Crippen molar-refractivity contribution in [2.75, 3.05) is 18.5 Å². The summed E-state index contributed by atoms with van der Waals surface area (Å²) in [5.41, 5.74) is 2.47. The number of anilines is 1. The van der Waals surface area contributed by atoms with E-state index >= 15 is 0 Å². The van der Waals surface area contributed by atoms with E-state index in [9.17, 15) is 9.59 Å². The fourth-order valence-corrected chi connectivity index (χ4v) is 2.25. The van der Waals surface area contributed by atoms with Crippen LogP contribution in [0.2, 0.25) is 0 Å². The van der Waals surface area contributed by atoms with Crippen molar-refractivity contribution in [1.29, 1.82) is 0 Å². The quantitative estimate of drug-likeness (QED) is 0.787. The number of nitrogens with one attached hydrogen (secondary N) is 2. The summed E-state index contributed by atoms with van der Waals surface area (Å²) in [5.74, 6) is 6.49. The van der Waals surface area contributed by atoms with Gasteiger partial charge in [-0.15, -0.1) is 0 Å². The Kier molecular flexibility index (Phi) is 7.26. The molecule has 0 aliphatic rings. The summed E-state index contributed by atoms with van der Waals surface area (Å²) >= 11 is 0. The highest BCUT2D eigenvalue weighted by Gasteiger charge is 2.02. The molecule has 0 atom stereocenters. The van der Waals surface area contributed by atoms with E-state index in [4.69, 9.17) is 4.74 Å². The van der Waals surface area contributed by atoms with Crippen LogP contribution >= 0.6 is 0 Å². The molecule has 0 fully saturated rings. The van der Waals surface area contributed by atoms with Gasteiger partial charge in [-0.05, 0) is 48.9 Å². The van der Waals surface area contributed by atoms with Crippen LogP contribution in [0.1, 0.15) is 25.0 Å². The van der Waals surface area contributed by atoms with Gasteiger partial charge in [0.25, 0.3) is 0 Å². The van der Waals surface area contributed by atoms with Gasteiger partial charge in [0, 0.05) is 18.2 Å². The Morgan fingerprint density at radius 2 is 1.73 bits per heavy atom. The molecule has 5 nitrogen and oxygen atoms in total. The molecular weight excluding hydrogens is 328 g/mol. The van der Waals surface area contributed by atoms with Crippen molar-refractivity contribution < 1.29 is 14.3 Å². The molecule has 0 radical (unpaired) electrons. The summed E-state index contributed by atoms with van der Waals surface area (Å²) in [6.45, 7) is 4.29. The monoisotopic (exact) mass is 350 g/mol. The summed E-state index contributed by atoms with van der Waals surface area (Å²) < 4.78 is 5.37. The zero-order valence-corrected chi connectivity index (χ0v) is 15.0. The van der Waals surface area contributed by atoms with Crippen molar-refractivity contribution in [3.63, 3.8) is 0 Å². The van der Waals surface area contributed by atoms with Crippen molar-refractivity contribution in [2.45, 2.75) is 20.3 Å². The average Bonchev–Trinajstić information content (AvgIpc) is 2.61. The van der Waals surface area contributed by atoms with Gasteiger partial charge in [-0.3, -0.25) is 9.59 Å². The predicted octanol–water partition coefficient (Wildman–Crippen LogP) is 2.75. The van der Waals surface area contributed by atoms with Crippen LogP contribution in [0.5, 0.6) is 5.75 Å². The zero-order chi connectivity index (χ0) is 18.8. The molecular formula is C21H22N2O3. The van der Waals surface area contributed by atoms with Gasteiger partial charge in [0.2, 0.25) is 11.8 Å². The largest absolute Gasteiger partial charge is 0.494 e. The van der Waals surface area contributed by atoms with Gasteiger partial charge < -0.3 is 15.4 Å². The van der Waals surface area contributed by atoms with E-state index in [1.54, 1.807) is 12.1 Å². The van der Waals surface area contributed by atoms with Gasteiger partial charge in [-0.1, -0.05) is 24.0 Å². The topological polar surface area (TPSA) is 67.4 Å². The molecule has 0 saturated carbocycles. The van der Waals surface area contributed by atoms with Crippen LogP contribution < -0.4 is 15.4 Å². The van der Waals surface area contributed by atoms with Gasteiger partial charge in [0.05, 0.1) is 19.6 Å². The summed E-state index contributed by atoms with van der Waals surface area (Å²) in [6.07, 6.45) is 0.305. The third-order valence-electron chi connectivity index (χ3n) is 3.41. The molecule has 0 aliphatic carbocycles. The summed E-state index contributed by atoms with van der Waals surface area (Å²) in [6, 6.07) is 14.7. The Hall–Kier alpha value is -3.26. The lowest BCUT2D eigenvalue weighted by Crippen LogP contribution is -2.25. The molecule has 0 spiro atoms. The molecule has 0 unspecified atom stereocenters. The number of amides is 2. The Morgan fingerprint density at radius 1 is 1.04 bits per heavy atom. The normalized spacial score (nSPS) is 9.62. The van der Waals surface area contributed by atoms with Gasteiger partial charge in [0.1, 0.15) is 5.75 Å². The molecule has 0 bridgehead atoms. The molecule has 26 heavy (non-hydrogen) atoms. The van der Waals surface area contributed by atoms with Gasteiger partial charge in [-0.2, -0.15) is 0 Å². The summed E-state index contributed by atoms with van der Waals surface area (Å²) in [7, 11) is 0. The Morgan fingerprint density at radius 3 is 2.35 bits per heavy atom. The van der Waals surface area contributed by atoms with Gasteiger partial charge >= 0.3 is 0 Å². The summed E-state index contributed by atoms with van der Waals surface area (Å²) in [5, 5.41) is 5.47. The molecule has 2 rings (SSSR count). The van der Waals surface area contributed by atoms with Crippen LogP contribution in [0.3, 0.4) is 0 Å². The smallest absolute Gasteiger partial charge is 0.225 e. The lowest BCUT2D eigenvalue weighted by atomic mass is 10.1. The highest BCUT2D eigenvalue weighted by molar-refractivity contribution is 5.88. The van der Waals surface area contributed by atoms with Crippen molar-refractivity contribution in [3.8, 4) is 17.6 Å². The first-order valence-electron chi connectivity index (χ1n) is 8.42. The van der Waals surface area contributed by atoms with Crippen molar-refractivity contribution in [1.82, 2.24) is 5.32 Å². The molecule has 0 aromatic heterocycles. The van der Waals surface area contributed by atoms with Gasteiger partial charge in [-0.25, -0.2) is 0 Å². The van der Waals surface area contributed by atoms with Crippen LogP contribution in [-0.2, 0) is 16.0 Å². The minimum Gasteiger partial charge on any atom is -0.494 e. The number of hydrogen-bond donors (Lipinski definition) is 2. The second-order valence-corrected chi connectivity index (χ2v) is 5.59. The number of benzene rings is 2. The fraction of sp³-hybridized carbons (Fsp3) is 0.238. The Balaban J connectivity index is 1.77. The maximum absolute atomic E-state index is 11.9. The minimum absolute atomic E-state index is 0.0792. The predicted molar refractivity (Wildman–Crippen MR) is 102 cm³/mol. The maximum Gasteiger partial charge on any atom is 0.225 e. The lowest BCUT2D eigenvalue weighted by Gasteiger charge is -2.05. The molecule has 0 saturated heterocycles. The molecule has 2 aromatic carbocycles. The lowest BCUT2D eigenvalue weighted by molar-refractivity contribution is -0.120. The van der Waals surface area contributed by atoms with E-state index in [1.165, 1.54) is 6.92 Å². The molecule has 2 amide bonds. The molecule has 0 heterocycles. The van der Waals surface area contributed by atoms with Crippen molar-refractivity contribution >= 4 is 17.5 Å². The second-order valence-electron chi connectivity index (χ2n) is 5.59. The van der Waals surface area contributed by atoms with Crippen LogP contribution in [0.4, 0.5) is 5.69 Å². The molecule has 134 valence electrons. The minimum atomic E-state index is -0.112. The number of ether oxygens (including phenoxy) is 1. The second kappa shape index (κ2) is 9.90. The molecule has 2 N–H and O–H groups in total. The van der Waals surface area contributed by atoms with Crippen LogP contribution in [0.15, 0.2) is 48.5 Å². The van der Waals surface area contributed by atoms with E-state index in [0.29, 0.717) is 13.0 Å². The van der Waals surface area contributed by atoms with Crippen LogP contribution in [0.25, 0.3) is 0 Å². The first kappa shape index (κ1) is 19.1. The average molecular weight is 350 g/mol. The summed E-state index contributed by atoms with van der Waals surface area (Å²) in [4.78, 5) is 22.9. The molecule has 0 aliphatic heterocycles. The highest BCUT2D eigenvalue weighted by atomic mass is 16.5. The third kappa shape index (κ3) is 6.70. The van der Waals surface area contributed by atoms with E-state index in [1.807, 2.05) is 43.3 Å². The first-order chi connectivity index (χ1) is 12.6. The standard InChI is InChI=1S/C21H22N2O3/c1-3-26-20-12-8-18(9-13-20)15-21(25)22-14-4-5-17-6-10-19(11-7-17)23-16(2)24/h6-13H,3,14-15H2,1-2H3,(H,22,25)(H,23,24). The van der Waals surface area contributed by atoms with Crippen molar-refractivity contribution in [3.05, 3.63) is 59.7 Å². The maximum atomic E-state index is 11.9. The first-order valence-corrected chi connectivity index (χ1v) is 8.42. The number of hydrogen-bond acceptors (Lipinski definition) is 3. The Labute approximate surface area is 153 Å². The third-order valence-corrected chi connectivity index (χ3v) is 3.41. The van der Waals surface area contributed by atoms with E-state index < -0.39 is 0 Å². The molecule has 5 heteroatoms. The van der Waals surface area contributed by atoms with Crippen molar-refractivity contribution in [2.24, 2.45) is 0 Å². The SMILES string of the molecule is CCOc1ccc(CC(=O)NCC#Cc2ccc(NC(C)=O)cc2)cc1. The van der Waals surface area contributed by atoms with Gasteiger partial charge in [0.15, 0.2) is 0 Å². The molecule has 2 aromatic rings. The van der Waals surface area contributed by atoms with Crippen LogP contribution in [-0.4, -0.2) is 25.0 Å².